The van der Waals surface area contributed by atoms with Crippen molar-refractivity contribution in [2.45, 2.75) is 11.5 Å². The van der Waals surface area contributed by atoms with Gasteiger partial charge in [0.05, 0.1) is 33.5 Å². The van der Waals surface area contributed by atoms with E-state index in [-0.39, 0.29) is 27.8 Å². The van der Waals surface area contributed by atoms with Gasteiger partial charge in [0.25, 0.3) is 15.9 Å². The van der Waals surface area contributed by atoms with Crippen molar-refractivity contribution in [2.75, 3.05) is 10.0 Å². The summed E-state index contributed by atoms with van der Waals surface area (Å²) in [5.41, 5.74) is 1.01. The summed E-state index contributed by atoms with van der Waals surface area (Å²) >= 11 is 11.9. The van der Waals surface area contributed by atoms with E-state index in [1.807, 2.05) is 0 Å². The third kappa shape index (κ3) is 5.07. The van der Waals surface area contributed by atoms with Crippen LogP contribution in [0.5, 0.6) is 0 Å². The molecular weight excluding hydrogens is 435 g/mol. The van der Waals surface area contributed by atoms with Crippen LogP contribution in [-0.2, 0) is 16.6 Å². The number of para-hydroxylation sites is 1. The lowest BCUT2D eigenvalue weighted by Crippen LogP contribution is -2.19. The van der Waals surface area contributed by atoms with E-state index in [1.165, 1.54) is 36.4 Å². The minimum atomic E-state index is -3.97. The first-order chi connectivity index (χ1) is 13.8. The molecule has 0 aliphatic carbocycles. The van der Waals surface area contributed by atoms with Crippen molar-refractivity contribution in [3.63, 3.8) is 0 Å². The molecule has 0 saturated heterocycles. The van der Waals surface area contributed by atoms with Crippen LogP contribution >= 0.6 is 23.2 Å². The van der Waals surface area contributed by atoms with Crippen LogP contribution in [0.1, 0.15) is 15.9 Å². The molecule has 0 spiro atoms. The zero-order valence-corrected chi connectivity index (χ0v) is 17.2. The molecule has 0 atom stereocenters. The molecule has 9 heteroatoms. The summed E-state index contributed by atoms with van der Waals surface area (Å²) in [6, 6.07) is 16.7. The predicted octanol–water partition coefficient (Wildman–Crippen LogP) is 4.54. The van der Waals surface area contributed by atoms with E-state index in [0.29, 0.717) is 16.3 Å². The first-order valence-corrected chi connectivity index (χ1v) is 10.6. The number of aliphatic hydroxyl groups excluding tert-OH is 1. The fraction of sp³-hybridized carbons (Fsp3) is 0.0500. The van der Waals surface area contributed by atoms with Crippen molar-refractivity contribution in [1.29, 1.82) is 0 Å². The zero-order chi connectivity index (χ0) is 21.0. The highest BCUT2D eigenvalue weighted by atomic mass is 35.5. The summed E-state index contributed by atoms with van der Waals surface area (Å²) in [5.74, 6) is -0.545. The quantitative estimate of drug-likeness (QED) is 0.513. The van der Waals surface area contributed by atoms with Gasteiger partial charge >= 0.3 is 0 Å². The molecule has 1 amide bonds. The number of nitrogens with one attached hydrogen (secondary N) is 2. The van der Waals surface area contributed by atoms with Gasteiger partial charge in [0.1, 0.15) is 0 Å². The molecule has 3 rings (SSSR count). The van der Waals surface area contributed by atoms with Gasteiger partial charge in [-0.25, -0.2) is 8.42 Å². The molecular formula is C20H16Cl2N2O4S. The number of carbonyl (C=O) groups is 1. The fourth-order valence-electron chi connectivity index (χ4n) is 2.57. The van der Waals surface area contributed by atoms with Crippen molar-refractivity contribution in [1.82, 2.24) is 0 Å². The lowest BCUT2D eigenvalue weighted by atomic mass is 10.1. The number of aliphatic hydroxyl groups is 1. The number of hydrogen-bond donors (Lipinski definition) is 3. The van der Waals surface area contributed by atoms with Crippen LogP contribution in [0.15, 0.2) is 71.6 Å². The van der Waals surface area contributed by atoms with Crippen LogP contribution in [0.4, 0.5) is 11.4 Å². The van der Waals surface area contributed by atoms with Crippen molar-refractivity contribution in [2.24, 2.45) is 0 Å². The Hall–Kier alpha value is -2.58. The minimum absolute atomic E-state index is 0.0278. The predicted molar refractivity (Wildman–Crippen MR) is 114 cm³/mol. The summed E-state index contributed by atoms with van der Waals surface area (Å²) in [4.78, 5) is 12.7. The van der Waals surface area contributed by atoms with Gasteiger partial charge in [-0.05, 0) is 48.0 Å². The molecule has 6 nitrogen and oxygen atoms in total. The molecule has 29 heavy (non-hydrogen) atoms. The number of halogens is 2. The third-order valence-electron chi connectivity index (χ3n) is 3.99. The van der Waals surface area contributed by atoms with Crippen LogP contribution < -0.4 is 10.0 Å². The molecule has 0 aromatic heterocycles. The molecule has 0 aliphatic heterocycles. The second-order valence-electron chi connectivity index (χ2n) is 6.03. The highest BCUT2D eigenvalue weighted by Crippen LogP contribution is 2.27. The Morgan fingerprint density at radius 2 is 1.69 bits per heavy atom. The lowest BCUT2D eigenvalue weighted by molar-refractivity contribution is 0.102. The highest BCUT2D eigenvalue weighted by Gasteiger charge is 2.19. The van der Waals surface area contributed by atoms with Crippen LogP contribution in [-0.4, -0.2) is 19.4 Å². The number of hydrogen-bond acceptors (Lipinski definition) is 4. The second kappa shape index (κ2) is 8.84. The zero-order valence-electron chi connectivity index (χ0n) is 14.9. The molecule has 0 fully saturated rings. The molecule has 0 bridgehead atoms. The van der Waals surface area contributed by atoms with E-state index in [2.05, 4.69) is 10.0 Å². The molecule has 0 aliphatic rings. The first-order valence-electron chi connectivity index (χ1n) is 8.38. The van der Waals surface area contributed by atoms with E-state index in [9.17, 15) is 18.3 Å². The normalized spacial score (nSPS) is 11.1. The lowest BCUT2D eigenvalue weighted by Gasteiger charge is -2.14. The van der Waals surface area contributed by atoms with Gasteiger partial charge in [0.15, 0.2) is 0 Å². The van der Waals surface area contributed by atoms with Gasteiger partial charge < -0.3 is 10.4 Å². The number of carbonyl (C=O) groups excluding carboxylic acids is 1. The Morgan fingerprint density at radius 1 is 0.931 bits per heavy atom. The number of benzene rings is 3. The van der Waals surface area contributed by atoms with E-state index in [0.717, 1.165) is 0 Å². The number of sulfonamides is 1. The maximum Gasteiger partial charge on any atom is 0.261 e. The number of anilines is 2. The Balaban J connectivity index is 1.89. The SMILES string of the molecule is O=C(Nc1ccc(Cl)cc1Cl)c1ccccc1NS(=O)(=O)c1cccc(CO)c1. The maximum atomic E-state index is 12.7. The minimum Gasteiger partial charge on any atom is -0.392 e. The standard InChI is InChI=1S/C20H16Cl2N2O4S/c21-14-8-9-19(17(22)11-14)23-20(26)16-6-1-2-7-18(16)24-29(27,28)15-5-3-4-13(10-15)12-25/h1-11,24-25H,12H2,(H,23,26). The summed E-state index contributed by atoms with van der Waals surface area (Å²) in [6.45, 7) is -0.287. The van der Waals surface area contributed by atoms with E-state index in [1.54, 1.807) is 30.3 Å². The van der Waals surface area contributed by atoms with E-state index in [4.69, 9.17) is 23.2 Å². The molecule has 0 unspecified atom stereocenters. The molecule has 0 saturated carbocycles. The Labute approximate surface area is 178 Å². The van der Waals surface area contributed by atoms with Gasteiger partial charge in [-0.15, -0.1) is 0 Å². The van der Waals surface area contributed by atoms with Gasteiger partial charge in [0, 0.05) is 5.02 Å². The van der Waals surface area contributed by atoms with Crippen molar-refractivity contribution in [3.8, 4) is 0 Å². The Morgan fingerprint density at radius 3 is 2.41 bits per heavy atom. The Bertz CT molecular complexity index is 1170. The third-order valence-corrected chi connectivity index (χ3v) is 5.90. The largest absolute Gasteiger partial charge is 0.392 e. The first kappa shape index (κ1) is 21.1. The second-order valence-corrected chi connectivity index (χ2v) is 8.56. The van der Waals surface area contributed by atoms with Gasteiger partial charge in [-0.2, -0.15) is 0 Å². The topological polar surface area (TPSA) is 95.5 Å². The van der Waals surface area contributed by atoms with Gasteiger partial charge in [-0.1, -0.05) is 47.5 Å². The summed E-state index contributed by atoms with van der Waals surface area (Å²) in [7, 11) is -3.97. The average molecular weight is 451 g/mol. The molecule has 3 aromatic carbocycles. The van der Waals surface area contributed by atoms with E-state index < -0.39 is 15.9 Å². The van der Waals surface area contributed by atoms with Gasteiger partial charge in [-0.3, -0.25) is 9.52 Å². The van der Waals surface area contributed by atoms with Crippen LogP contribution in [0.2, 0.25) is 10.0 Å². The smallest absolute Gasteiger partial charge is 0.261 e. The number of amides is 1. The number of rotatable bonds is 6. The van der Waals surface area contributed by atoms with Crippen LogP contribution in [0, 0.1) is 0 Å². The molecule has 3 N–H and O–H groups in total. The monoisotopic (exact) mass is 450 g/mol. The highest BCUT2D eigenvalue weighted by molar-refractivity contribution is 7.92. The summed E-state index contributed by atoms with van der Waals surface area (Å²) in [5, 5.41) is 12.5. The van der Waals surface area contributed by atoms with Crippen LogP contribution in [0.3, 0.4) is 0 Å². The van der Waals surface area contributed by atoms with Crippen molar-refractivity contribution >= 4 is 50.5 Å². The molecule has 3 aromatic rings. The van der Waals surface area contributed by atoms with Crippen molar-refractivity contribution < 1.29 is 18.3 Å². The molecule has 0 heterocycles. The molecule has 0 radical (unpaired) electrons. The summed E-state index contributed by atoms with van der Waals surface area (Å²) in [6.07, 6.45) is 0. The Kier molecular flexibility index (Phi) is 6.44. The maximum absolute atomic E-state index is 12.7. The van der Waals surface area contributed by atoms with Crippen LogP contribution in [0.25, 0.3) is 0 Å². The fourth-order valence-corrected chi connectivity index (χ4v) is 4.17. The van der Waals surface area contributed by atoms with E-state index >= 15 is 0 Å². The molecule has 150 valence electrons. The summed E-state index contributed by atoms with van der Waals surface area (Å²) < 4.78 is 27.9. The average Bonchev–Trinajstić information content (AvgIpc) is 2.70. The van der Waals surface area contributed by atoms with Gasteiger partial charge in [0.2, 0.25) is 0 Å². The van der Waals surface area contributed by atoms with Crippen molar-refractivity contribution in [3.05, 3.63) is 87.9 Å².